The van der Waals surface area contributed by atoms with E-state index in [0.717, 1.165) is 0 Å². The van der Waals surface area contributed by atoms with E-state index in [1.807, 2.05) is 13.8 Å². The molecule has 130 valence electrons. The first-order valence-corrected chi connectivity index (χ1v) is 8.33. The summed E-state index contributed by atoms with van der Waals surface area (Å²) in [6.07, 6.45) is 1.93. The van der Waals surface area contributed by atoms with Crippen LogP contribution in [0.25, 0.3) is 0 Å². The third-order valence-electron chi connectivity index (χ3n) is 3.57. The average Bonchev–Trinajstić information content (AvgIpc) is 2.45. The van der Waals surface area contributed by atoms with Gasteiger partial charge in [0.15, 0.2) is 11.9 Å². The van der Waals surface area contributed by atoms with Crippen molar-refractivity contribution < 1.29 is 14.3 Å². The minimum atomic E-state index is -0.774. The van der Waals surface area contributed by atoms with Crippen molar-refractivity contribution in [3.63, 3.8) is 0 Å². The molecule has 2 N–H and O–H groups in total. The summed E-state index contributed by atoms with van der Waals surface area (Å²) in [5.74, 6) is 0.0369. The quantitative estimate of drug-likeness (QED) is 0.776. The van der Waals surface area contributed by atoms with Crippen molar-refractivity contribution in [2.24, 2.45) is 5.41 Å². The largest absolute Gasteiger partial charge is 0.479 e. The Morgan fingerprint density at radius 1 is 1.29 bits per heavy atom. The fraction of sp³-hybridized carbons (Fsp3) is 0.412. The molecular weight excluding hydrogens is 351 g/mol. The Kier molecular flexibility index (Phi) is 5.78. The SMILES string of the molecule is C[C@@H](Oc1ccc(Cl)cc1Cl)C(=O)NNC1=CC(=O)CC(C)(C)C1. The van der Waals surface area contributed by atoms with E-state index in [9.17, 15) is 9.59 Å². The molecule has 0 aliphatic heterocycles. The van der Waals surface area contributed by atoms with Crippen molar-refractivity contribution in [1.29, 1.82) is 0 Å². The molecule has 1 atom stereocenters. The molecular formula is C17H20Cl2N2O3. The van der Waals surface area contributed by atoms with E-state index in [0.29, 0.717) is 34.3 Å². The van der Waals surface area contributed by atoms with E-state index in [1.54, 1.807) is 25.1 Å². The fourth-order valence-electron chi connectivity index (χ4n) is 2.48. The molecule has 0 radical (unpaired) electrons. The van der Waals surface area contributed by atoms with Crippen LogP contribution >= 0.6 is 23.2 Å². The number of ketones is 1. The van der Waals surface area contributed by atoms with E-state index in [2.05, 4.69) is 10.9 Å². The van der Waals surface area contributed by atoms with Crippen LogP contribution < -0.4 is 15.6 Å². The second-order valence-corrected chi connectivity index (χ2v) is 7.45. The number of rotatable bonds is 5. The Hall–Kier alpha value is -1.72. The predicted octanol–water partition coefficient (Wildman–Crippen LogP) is 3.65. The van der Waals surface area contributed by atoms with Crippen molar-refractivity contribution in [1.82, 2.24) is 10.9 Å². The lowest BCUT2D eigenvalue weighted by Gasteiger charge is -2.29. The number of benzene rings is 1. The van der Waals surface area contributed by atoms with Gasteiger partial charge in [0.2, 0.25) is 0 Å². The molecule has 1 aliphatic carbocycles. The Bertz CT molecular complexity index is 686. The molecule has 0 bridgehead atoms. The van der Waals surface area contributed by atoms with Gasteiger partial charge in [-0.3, -0.25) is 15.0 Å². The second kappa shape index (κ2) is 7.45. The smallest absolute Gasteiger partial charge is 0.279 e. The van der Waals surface area contributed by atoms with Crippen LogP contribution in [0, 0.1) is 5.41 Å². The third-order valence-corrected chi connectivity index (χ3v) is 4.10. The van der Waals surface area contributed by atoms with Crippen molar-refractivity contribution in [2.75, 3.05) is 0 Å². The first-order chi connectivity index (χ1) is 11.2. The highest BCUT2D eigenvalue weighted by Crippen LogP contribution is 2.32. The lowest BCUT2D eigenvalue weighted by molar-refractivity contribution is -0.128. The van der Waals surface area contributed by atoms with Crippen molar-refractivity contribution >= 4 is 34.9 Å². The minimum Gasteiger partial charge on any atom is -0.479 e. The van der Waals surface area contributed by atoms with E-state index in [-0.39, 0.29) is 17.1 Å². The standard InChI is InChI=1S/C17H20Cl2N2O3/c1-10(24-15-5-4-11(18)6-14(15)19)16(23)21-20-12-7-13(22)9-17(2,3)8-12/h4-7,10,20H,8-9H2,1-3H3,(H,21,23)/t10-/m1/s1. The summed E-state index contributed by atoms with van der Waals surface area (Å²) in [7, 11) is 0. The van der Waals surface area contributed by atoms with Crippen LogP contribution in [0.15, 0.2) is 30.0 Å². The number of halogens is 2. The summed E-state index contributed by atoms with van der Waals surface area (Å²) >= 11 is 11.8. The highest BCUT2D eigenvalue weighted by atomic mass is 35.5. The monoisotopic (exact) mass is 370 g/mol. The molecule has 1 aromatic rings. The van der Waals surface area contributed by atoms with E-state index >= 15 is 0 Å². The van der Waals surface area contributed by atoms with Crippen molar-refractivity contribution in [3.05, 3.63) is 40.0 Å². The van der Waals surface area contributed by atoms with Gasteiger partial charge in [0.1, 0.15) is 5.75 Å². The van der Waals surface area contributed by atoms with Crippen LogP contribution in [0.3, 0.4) is 0 Å². The number of hydrazine groups is 1. The maximum atomic E-state index is 12.1. The second-order valence-electron chi connectivity index (χ2n) is 6.60. The van der Waals surface area contributed by atoms with Crippen LogP contribution in [0.5, 0.6) is 5.75 Å². The number of amides is 1. The predicted molar refractivity (Wildman–Crippen MR) is 93.9 cm³/mol. The molecule has 5 nitrogen and oxygen atoms in total. The Morgan fingerprint density at radius 2 is 2.00 bits per heavy atom. The third kappa shape index (κ3) is 5.14. The van der Waals surface area contributed by atoms with Gasteiger partial charge in [-0.2, -0.15) is 0 Å². The van der Waals surface area contributed by atoms with Crippen molar-refractivity contribution in [2.45, 2.75) is 39.7 Å². The van der Waals surface area contributed by atoms with Gasteiger partial charge in [-0.05, 0) is 37.0 Å². The highest BCUT2D eigenvalue weighted by Gasteiger charge is 2.28. The van der Waals surface area contributed by atoms with Gasteiger partial charge < -0.3 is 10.2 Å². The molecule has 1 aliphatic rings. The average molecular weight is 371 g/mol. The van der Waals surface area contributed by atoms with E-state index in [4.69, 9.17) is 27.9 Å². The maximum absolute atomic E-state index is 12.1. The Morgan fingerprint density at radius 3 is 2.62 bits per heavy atom. The van der Waals surface area contributed by atoms with Gasteiger partial charge in [0.05, 0.1) is 5.02 Å². The van der Waals surface area contributed by atoms with E-state index in [1.165, 1.54) is 6.08 Å². The molecule has 0 unspecified atom stereocenters. The molecule has 0 spiro atoms. The molecule has 24 heavy (non-hydrogen) atoms. The summed E-state index contributed by atoms with van der Waals surface area (Å²) < 4.78 is 5.53. The minimum absolute atomic E-state index is 0.0419. The Labute approximate surface area is 151 Å². The highest BCUT2D eigenvalue weighted by molar-refractivity contribution is 6.35. The number of hydrogen-bond donors (Lipinski definition) is 2. The zero-order valence-corrected chi connectivity index (χ0v) is 15.3. The van der Waals surface area contributed by atoms with Gasteiger partial charge in [-0.1, -0.05) is 37.0 Å². The van der Waals surface area contributed by atoms with Crippen LogP contribution in [-0.4, -0.2) is 17.8 Å². The number of allylic oxidation sites excluding steroid dienone is 2. The molecule has 0 saturated carbocycles. The van der Waals surface area contributed by atoms with E-state index < -0.39 is 6.10 Å². The zero-order chi connectivity index (χ0) is 17.9. The van der Waals surface area contributed by atoms with Gasteiger partial charge in [-0.15, -0.1) is 0 Å². The summed E-state index contributed by atoms with van der Waals surface area (Å²) in [5.41, 5.74) is 5.92. The molecule has 2 rings (SSSR count). The molecule has 0 fully saturated rings. The number of carbonyl (C=O) groups is 2. The van der Waals surface area contributed by atoms with Crippen LogP contribution in [0.1, 0.15) is 33.6 Å². The Balaban J connectivity index is 1.91. The van der Waals surface area contributed by atoms with Crippen molar-refractivity contribution in [3.8, 4) is 5.75 Å². The van der Waals surface area contributed by atoms with Gasteiger partial charge >= 0.3 is 0 Å². The first-order valence-electron chi connectivity index (χ1n) is 7.57. The number of ether oxygens (including phenoxy) is 1. The number of hydrogen-bond acceptors (Lipinski definition) is 4. The molecule has 1 aromatic carbocycles. The summed E-state index contributed by atoms with van der Waals surface area (Å²) in [6.45, 7) is 5.62. The topological polar surface area (TPSA) is 67.4 Å². The number of nitrogens with one attached hydrogen (secondary N) is 2. The molecule has 0 saturated heterocycles. The molecule has 7 heteroatoms. The van der Waals surface area contributed by atoms with Gasteiger partial charge in [0, 0.05) is 23.2 Å². The lowest BCUT2D eigenvalue weighted by Crippen LogP contribution is -2.45. The molecule has 1 amide bonds. The van der Waals surface area contributed by atoms with Gasteiger partial charge in [-0.25, -0.2) is 0 Å². The summed E-state index contributed by atoms with van der Waals surface area (Å²) in [4.78, 5) is 23.8. The van der Waals surface area contributed by atoms with Gasteiger partial charge in [0.25, 0.3) is 5.91 Å². The van der Waals surface area contributed by atoms with Crippen LogP contribution in [-0.2, 0) is 9.59 Å². The van der Waals surface area contributed by atoms with Crippen LogP contribution in [0.2, 0.25) is 10.0 Å². The molecule has 0 heterocycles. The normalized spacial score (nSPS) is 17.7. The fourth-order valence-corrected chi connectivity index (χ4v) is 2.94. The van der Waals surface area contributed by atoms with Crippen LogP contribution in [0.4, 0.5) is 0 Å². The molecule has 0 aromatic heterocycles. The number of carbonyl (C=O) groups excluding carboxylic acids is 2. The maximum Gasteiger partial charge on any atom is 0.279 e. The first kappa shape index (κ1) is 18.6. The zero-order valence-electron chi connectivity index (χ0n) is 13.8. The summed E-state index contributed by atoms with van der Waals surface area (Å²) in [5, 5.41) is 0.820. The lowest BCUT2D eigenvalue weighted by atomic mass is 9.79. The summed E-state index contributed by atoms with van der Waals surface area (Å²) in [6, 6.07) is 4.78.